The summed E-state index contributed by atoms with van der Waals surface area (Å²) >= 11 is 0. The number of para-hydroxylation sites is 1. The summed E-state index contributed by atoms with van der Waals surface area (Å²) in [5.41, 5.74) is 1.80. The van der Waals surface area contributed by atoms with Crippen LogP contribution in [0.2, 0.25) is 0 Å². The number of aliphatic carboxylic acids is 1. The molecule has 0 radical (unpaired) electrons. The van der Waals surface area contributed by atoms with E-state index in [4.69, 9.17) is 14.6 Å². The topological polar surface area (TPSA) is 55.8 Å². The first-order valence-corrected chi connectivity index (χ1v) is 6.92. The molecule has 4 heteroatoms. The van der Waals surface area contributed by atoms with Gasteiger partial charge in [0.05, 0.1) is 12.7 Å². The van der Waals surface area contributed by atoms with Gasteiger partial charge in [-0.15, -0.1) is 0 Å². The van der Waals surface area contributed by atoms with Crippen LogP contribution in [0, 0.1) is 6.92 Å². The van der Waals surface area contributed by atoms with Crippen molar-refractivity contribution >= 4 is 12.0 Å². The van der Waals surface area contributed by atoms with Crippen LogP contribution in [-0.2, 0) is 9.53 Å². The lowest BCUT2D eigenvalue weighted by molar-refractivity contribution is -0.131. The Morgan fingerprint density at radius 2 is 2.40 bits per heavy atom. The fraction of sp³-hybridized carbons (Fsp3) is 0.438. The molecule has 0 spiro atoms. The predicted octanol–water partition coefficient (Wildman–Crippen LogP) is 3.04. The van der Waals surface area contributed by atoms with E-state index in [0.29, 0.717) is 12.7 Å². The summed E-state index contributed by atoms with van der Waals surface area (Å²) < 4.78 is 11.4. The average Bonchev–Trinajstić information content (AvgIpc) is 2.92. The largest absolute Gasteiger partial charge is 0.493 e. The number of carboxylic acids is 1. The molecule has 1 fully saturated rings. The van der Waals surface area contributed by atoms with E-state index in [0.717, 1.165) is 48.8 Å². The average molecular weight is 276 g/mol. The maximum Gasteiger partial charge on any atom is 0.328 e. The quantitative estimate of drug-likeness (QED) is 0.811. The van der Waals surface area contributed by atoms with Gasteiger partial charge in [0.2, 0.25) is 0 Å². The molecule has 1 unspecified atom stereocenters. The maximum atomic E-state index is 10.6. The third kappa shape index (κ3) is 4.10. The fourth-order valence-electron chi connectivity index (χ4n) is 2.33. The molecule has 0 aromatic heterocycles. The zero-order chi connectivity index (χ0) is 14.4. The van der Waals surface area contributed by atoms with Crippen LogP contribution in [-0.4, -0.2) is 30.4 Å². The van der Waals surface area contributed by atoms with Crippen LogP contribution in [0.15, 0.2) is 24.3 Å². The summed E-state index contributed by atoms with van der Waals surface area (Å²) in [4.78, 5) is 10.6. The lowest BCUT2D eigenvalue weighted by Crippen LogP contribution is -2.11. The van der Waals surface area contributed by atoms with E-state index in [1.807, 2.05) is 25.1 Å². The first kappa shape index (κ1) is 14.6. The Labute approximate surface area is 119 Å². The molecule has 2 rings (SSSR count). The molecule has 1 atom stereocenters. The smallest absolute Gasteiger partial charge is 0.328 e. The highest BCUT2D eigenvalue weighted by Gasteiger charge is 2.15. The SMILES string of the molecule is Cc1cccc(/C=C/C(=O)O)c1OCCC1CCCO1. The Morgan fingerprint density at radius 1 is 1.55 bits per heavy atom. The number of aryl methyl sites for hydroxylation is 1. The fourth-order valence-corrected chi connectivity index (χ4v) is 2.33. The second-order valence-corrected chi connectivity index (χ2v) is 4.94. The third-order valence-electron chi connectivity index (χ3n) is 3.36. The van der Waals surface area contributed by atoms with Gasteiger partial charge in [-0.25, -0.2) is 4.79 Å². The number of carboxylic acid groups (broad SMARTS) is 1. The van der Waals surface area contributed by atoms with Gasteiger partial charge in [-0.2, -0.15) is 0 Å². The Morgan fingerprint density at radius 3 is 3.10 bits per heavy atom. The summed E-state index contributed by atoms with van der Waals surface area (Å²) in [7, 11) is 0. The van der Waals surface area contributed by atoms with Gasteiger partial charge >= 0.3 is 5.97 Å². The van der Waals surface area contributed by atoms with Gasteiger partial charge in [-0.05, 0) is 31.4 Å². The second-order valence-electron chi connectivity index (χ2n) is 4.94. The molecule has 1 heterocycles. The molecule has 20 heavy (non-hydrogen) atoms. The Kier molecular flexibility index (Phi) is 5.18. The van der Waals surface area contributed by atoms with Crippen molar-refractivity contribution in [3.05, 3.63) is 35.4 Å². The van der Waals surface area contributed by atoms with Crippen molar-refractivity contribution in [1.29, 1.82) is 0 Å². The molecular formula is C16H20O4. The van der Waals surface area contributed by atoms with Crippen LogP contribution in [0.3, 0.4) is 0 Å². The van der Waals surface area contributed by atoms with Crippen LogP contribution in [0.25, 0.3) is 6.08 Å². The van der Waals surface area contributed by atoms with Gasteiger partial charge in [0.15, 0.2) is 0 Å². The van der Waals surface area contributed by atoms with E-state index in [-0.39, 0.29) is 0 Å². The van der Waals surface area contributed by atoms with E-state index in [2.05, 4.69) is 0 Å². The summed E-state index contributed by atoms with van der Waals surface area (Å²) in [6.45, 7) is 3.39. The van der Waals surface area contributed by atoms with Gasteiger partial charge in [0.25, 0.3) is 0 Å². The van der Waals surface area contributed by atoms with Gasteiger partial charge in [0, 0.05) is 24.7 Å². The zero-order valence-corrected chi connectivity index (χ0v) is 11.7. The first-order chi connectivity index (χ1) is 9.66. The first-order valence-electron chi connectivity index (χ1n) is 6.92. The lowest BCUT2D eigenvalue weighted by Gasteiger charge is -2.14. The molecule has 1 aromatic rings. The van der Waals surface area contributed by atoms with Crippen LogP contribution >= 0.6 is 0 Å². The highest BCUT2D eigenvalue weighted by atomic mass is 16.5. The molecule has 0 bridgehead atoms. The number of ether oxygens (including phenoxy) is 2. The number of benzene rings is 1. The number of carbonyl (C=O) groups is 1. The molecule has 1 aliphatic rings. The van der Waals surface area contributed by atoms with E-state index in [1.54, 1.807) is 6.08 Å². The predicted molar refractivity (Wildman–Crippen MR) is 76.9 cm³/mol. The van der Waals surface area contributed by atoms with Crippen molar-refractivity contribution in [1.82, 2.24) is 0 Å². The number of hydrogen-bond donors (Lipinski definition) is 1. The van der Waals surface area contributed by atoms with Crippen molar-refractivity contribution in [2.24, 2.45) is 0 Å². The summed E-state index contributed by atoms with van der Waals surface area (Å²) in [6, 6.07) is 5.71. The van der Waals surface area contributed by atoms with Crippen LogP contribution < -0.4 is 4.74 Å². The molecule has 0 saturated carbocycles. The minimum Gasteiger partial charge on any atom is -0.493 e. The number of hydrogen-bond acceptors (Lipinski definition) is 3. The molecule has 108 valence electrons. The van der Waals surface area contributed by atoms with Crippen LogP contribution in [0.1, 0.15) is 30.4 Å². The van der Waals surface area contributed by atoms with Crippen molar-refractivity contribution in [3.8, 4) is 5.75 Å². The van der Waals surface area contributed by atoms with E-state index < -0.39 is 5.97 Å². The molecule has 4 nitrogen and oxygen atoms in total. The van der Waals surface area contributed by atoms with E-state index >= 15 is 0 Å². The van der Waals surface area contributed by atoms with Crippen LogP contribution in [0.4, 0.5) is 0 Å². The number of rotatable bonds is 6. The van der Waals surface area contributed by atoms with Gasteiger partial charge in [-0.3, -0.25) is 0 Å². The standard InChI is InChI=1S/C16H20O4/c1-12-4-2-5-13(7-8-15(17)18)16(12)20-11-9-14-6-3-10-19-14/h2,4-5,7-8,14H,3,6,9-11H2,1H3,(H,17,18)/b8-7+. The molecule has 1 N–H and O–H groups in total. The highest BCUT2D eigenvalue weighted by Crippen LogP contribution is 2.25. The minimum atomic E-state index is -0.961. The van der Waals surface area contributed by atoms with Crippen molar-refractivity contribution in [3.63, 3.8) is 0 Å². The highest BCUT2D eigenvalue weighted by molar-refractivity contribution is 5.86. The zero-order valence-electron chi connectivity index (χ0n) is 11.7. The summed E-state index contributed by atoms with van der Waals surface area (Å²) in [5, 5.41) is 8.71. The minimum absolute atomic E-state index is 0.303. The van der Waals surface area contributed by atoms with Crippen LogP contribution in [0.5, 0.6) is 5.75 Å². The van der Waals surface area contributed by atoms with Crippen molar-refractivity contribution in [2.45, 2.75) is 32.3 Å². The molecular weight excluding hydrogens is 256 g/mol. The van der Waals surface area contributed by atoms with E-state index in [1.165, 1.54) is 0 Å². The third-order valence-corrected chi connectivity index (χ3v) is 3.36. The lowest BCUT2D eigenvalue weighted by atomic mass is 10.1. The second kappa shape index (κ2) is 7.10. The molecule has 0 aliphatic carbocycles. The molecule has 1 saturated heterocycles. The maximum absolute atomic E-state index is 10.6. The van der Waals surface area contributed by atoms with Gasteiger partial charge in [0.1, 0.15) is 5.75 Å². The normalized spacial score (nSPS) is 18.6. The monoisotopic (exact) mass is 276 g/mol. The molecule has 1 aliphatic heterocycles. The molecule has 1 aromatic carbocycles. The Bertz CT molecular complexity index is 487. The van der Waals surface area contributed by atoms with Gasteiger partial charge in [-0.1, -0.05) is 18.2 Å². The van der Waals surface area contributed by atoms with Gasteiger partial charge < -0.3 is 14.6 Å². The Balaban J connectivity index is 1.99. The molecule has 0 amide bonds. The van der Waals surface area contributed by atoms with E-state index in [9.17, 15) is 4.79 Å². The summed E-state index contributed by atoms with van der Waals surface area (Å²) in [6.07, 6.45) is 6.09. The van der Waals surface area contributed by atoms with Crippen molar-refractivity contribution in [2.75, 3.05) is 13.2 Å². The Hall–Kier alpha value is -1.81. The summed E-state index contributed by atoms with van der Waals surface area (Å²) in [5.74, 6) is -0.209. The van der Waals surface area contributed by atoms with Crippen molar-refractivity contribution < 1.29 is 19.4 Å².